The van der Waals surface area contributed by atoms with Crippen molar-refractivity contribution in [1.82, 2.24) is 19.9 Å². The first-order chi connectivity index (χ1) is 11.3. The number of likely N-dealkylation sites (tertiary alicyclic amines) is 1. The first-order valence-corrected chi connectivity index (χ1v) is 7.49. The minimum atomic E-state index is -0.0950. The van der Waals surface area contributed by atoms with Gasteiger partial charge in [0.05, 0.1) is 19.9 Å². The van der Waals surface area contributed by atoms with Gasteiger partial charge in [-0.05, 0) is 25.0 Å². The number of hydrogen-bond acceptors (Lipinski definition) is 6. The Labute approximate surface area is 134 Å². The van der Waals surface area contributed by atoms with Gasteiger partial charge < -0.3 is 14.4 Å². The van der Waals surface area contributed by atoms with Crippen LogP contribution in [0.25, 0.3) is 0 Å². The van der Waals surface area contributed by atoms with Crippen LogP contribution in [0, 0.1) is 0 Å². The third-order valence-corrected chi connectivity index (χ3v) is 3.69. The Morgan fingerprint density at radius 3 is 3.00 bits per heavy atom. The highest BCUT2D eigenvalue weighted by molar-refractivity contribution is 5.96. The molecule has 7 nitrogen and oxygen atoms in total. The zero-order chi connectivity index (χ0) is 16.1. The van der Waals surface area contributed by atoms with Gasteiger partial charge in [0, 0.05) is 25.1 Å². The summed E-state index contributed by atoms with van der Waals surface area (Å²) in [6, 6.07) is 3.45. The molecule has 0 aromatic carbocycles. The molecule has 1 aliphatic rings. The molecule has 7 heteroatoms. The van der Waals surface area contributed by atoms with E-state index >= 15 is 0 Å². The number of methoxy groups -OCH3 is 1. The Bertz CT molecular complexity index is 665. The van der Waals surface area contributed by atoms with Crippen molar-refractivity contribution >= 4 is 5.91 Å². The van der Waals surface area contributed by atoms with Crippen LogP contribution >= 0.6 is 0 Å². The second-order valence-electron chi connectivity index (χ2n) is 5.24. The molecule has 1 amide bonds. The summed E-state index contributed by atoms with van der Waals surface area (Å²) in [6.45, 7) is 1.20. The predicted molar refractivity (Wildman–Crippen MR) is 82.4 cm³/mol. The number of carbonyl (C=O) groups is 1. The molecule has 3 rings (SSSR count). The second-order valence-corrected chi connectivity index (χ2v) is 5.24. The van der Waals surface area contributed by atoms with Crippen molar-refractivity contribution in [2.45, 2.75) is 18.9 Å². The Morgan fingerprint density at radius 2 is 2.22 bits per heavy atom. The van der Waals surface area contributed by atoms with Crippen molar-refractivity contribution in [2.24, 2.45) is 0 Å². The largest absolute Gasteiger partial charge is 0.480 e. The summed E-state index contributed by atoms with van der Waals surface area (Å²) in [5.74, 6) is 0.725. The van der Waals surface area contributed by atoms with E-state index in [1.165, 1.54) is 7.11 Å². The van der Waals surface area contributed by atoms with Crippen LogP contribution in [-0.4, -0.2) is 52.1 Å². The van der Waals surface area contributed by atoms with Gasteiger partial charge in [-0.15, -0.1) is 0 Å². The predicted octanol–water partition coefficient (Wildman–Crippen LogP) is 1.56. The van der Waals surface area contributed by atoms with Gasteiger partial charge >= 0.3 is 0 Å². The summed E-state index contributed by atoms with van der Waals surface area (Å²) in [5.41, 5.74) is 0.468. The van der Waals surface area contributed by atoms with Crippen LogP contribution in [0.3, 0.4) is 0 Å². The number of ether oxygens (including phenoxy) is 2. The Hall–Kier alpha value is -2.70. The van der Waals surface area contributed by atoms with E-state index < -0.39 is 0 Å². The number of rotatable bonds is 4. The van der Waals surface area contributed by atoms with Gasteiger partial charge in [0.1, 0.15) is 11.7 Å². The molecule has 0 radical (unpaired) electrons. The van der Waals surface area contributed by atoms with Crippen molar-refractivity contribution in [2.75, 3.05) is 20.2 Å². The highest BCUT2D eigenvalue weighted by atomic mass is 16.5. The quantitative estimate of drug-likeness (QED) is 0.852. The van der Waals surface area contributed by atoms with Crippen LogP contribution in [-0.2, 0) is 0 Å². The van der Waals surface area contributed by atoms with Crippen LogP contribution < -0.4 is 9.47 Å². The number of piperidine rings is 1. The smallest absolute Gasteiger partial charge is 0.259 e. The molecule has 0 N–H and O–H groups in total. The molecule has 120 valence electrons. The molecule has 1 atom stereocenters. The summed E-state index contributed by atoms with van der Waals surface area (Å²) in [6.07, 6.45) is 8.02. The summed E-state index contributed by atoms with van der Waals surface area (Å²) in [7, 11) is 1.51. The zero-order valence-electron chi connectivity index (χ0n) is 12.9. The van der Waals surface area contributed by atoms with Crippen molar-refractivity contribution in [3.05, 3.63) is 42.5 Å². The molecule has 1 saturated heterocycles. The van der Waals surface area contributed by atoms with Crippen molar-refractivity contribution < 1.29 is 14.3 Å². The first kappa shape index (κ1) is 15.2. The van der Waals surface area contributed by atoms with Crippen LogP contribution in [0.4, 0.5) is 0 Å². The summed E-state index contributed by atoms with van der Waals surface area (Å²) < 4.78 is 11.0. The Morgan fingerprint density at radius 1 is 1.30 bits per heavy atom. The zero-order valence-corrected chi connectivity index (χ0v) is 12.9. The number of nitrogens with zero attached hydrogens (tertiary/aromatic N) is 4. The van der Waals surface area contributed by atoms with E-state index in [-0.39, 0.29) is 12.0 Å². The van der Waals surface area contributed by atoms with Crippen LogP contribution in [0.1, 0.15) is 23.2 Å². The maximum Gasteiger partial charge on any atom is 0.259 e. The van der Waals surface area contributed by atoms with Gasteiger partial charge in [0.2, 0.25) is 11.8 Å². The highest BCUT2D eigenvalue weighted by Crippen LogP contribution is 2.21. The fourth-order valence-electron chi connectivity index (χ4n) is 2.62. The van der Waals surface area contributed by atoms with Crippen molar-refractivity contribution in [3.63, 3.8) is 0 Å². The van der Waals surface area contributed by atoms with Gasteiger partial charge in [0.15, 0.2) is 0 Å². The molecule has 2 aromatic heterocycles. The van der Waals surface area contributed by atoms with Crippen LogP contribution in [0.2, 0.25) is 0 Å². The SMILES string of the molecule is COc1ncccc1C(=O)N1CCCC(Oc2cnccn2)C1. The van der Waals surface area contributed by atoms with E-state index in [4.69, 9.17) is 9.47 Å². The molecular formula is C16H18N4O3. The van der Waals surface area contributed by atoms with E-state index in [0.29, 0.717) is 30.4 Å². The fraction of sp³-hybridized carbons (Fsp3) is 0.375. The molecule has 1 unspecified atom stereocenters. The lowest BCUT2D eigenvalue weighted by molar-refractivity contribution is 0.0523. The van der Waals surface area contributed by atoms with Gasteiger partial charge in [-0.2, -0.15) is 0 Å². The van der Waals surface area contributed by atoms with Crippen molar-refractivity contribution in [3.8, 4) is 11.8 Å². The van der Waals surface area contributed by atoms with Crippen LogP contribution in [0.5, 0.6) is 11.8 Å². The van der Waals surface area contributed by atoms with E-state index in [9.17, 15) is 4.79 Å². The van der Waals surface area contributed by atoms with Gasteiger partial charge in [0.25, 0.3) is 5.91 Å². The fourth-order valence-corrected chi connectivity index (χ4v) is 2.62. The lowest BCUT2D eigenvalue weighted by Gasteiger charge is -2.32. The number of amides is 1. The van der Waals surface area contributed by atoms with E-state index in [0.717, 1.165) is 12.8 Å². The Balaban J connectivity index is 1.69. The molecule has 2 aromatic rings. The standard InChI is InChI=1S/C16H18N4O3/c1-22-15-13(5-2-6-19-15)16(21)20-9-3-4-12(11-20)23-14-10-17-7-8-18-14/h2,5-8,10,12H,3-4,9,11H2,1H3. The minimum Gasteiger partial charge on any atom is -0.480 e. The van der Waals surface area contributed by atoms with E-state index in [1.54, 1.807) is 41.8 Å². The Kier molecular flexibility index (Phi) is 4.65. The van der Waals surface area contributed by atoms with E-state index in [2.05, 4.69) is 15.0 Å². The van der Waals surface area contributed by atoms with Crippen molar-refractivity contribution in [1.29, 1.82) is 0 Å². The van der Waals surface area contributed by atoms with E-state index in [1.807, 2.05) is 0 Å². The number of carbonyl (C=O) groups excluding carboxylic acids is 1. The molecule has 1 aliphatic heterocycles. The summed E-state index contributed by atoms with van der Waals surface area (Å²) >= 11 is 0. The first-order valence-electron chi connectivity index (χ1n) is 7.49. The maximum absolute atomic E-state index is 12.7. The monoisotopic (exact) mass is 314 g/mol. The van der Waals surface area contributed by atoms with Gasteiger partial charge in [-0.3, -0.25) is 9.78 Å². The summed E-state index contributed by atoms with van der Waals surface area (Å²) in [4.78, 5) is 26.6. The molecule has 0 saturated carbocycles. The average Bonchev–Trinajstić information content (AvgIpc) is 2.62. The molecule has 1 fully saturated rings. The number of aromatic nitrogens is 3. The highest BCUT2D eigenvalue weighted by Gasteiger charge is 2.27. The lowest BCUT2D eigenvalue weighted by Crippen LogP contribution is -2.44. The number of pyridine rings is 1. The second kappa shape index (κ2) is 7.04. The normalized spacial score (nSPS) is 17.6. The third kappa shape index (κ3) is 3.56. The maximum atomic E-state index is 12.7. The van der Waals surface area contributed by atoms with Gasteiger partial charge in [-0.25, -0.2) is 9.97 Å². The topological polar surface area (TPSA) is 77.4 Å². The van der Waals surface area contributed by atoms with Gasteiger partial charge in [-0.1, -0.05) is 0 Å². The third-order valence-electron chi connectivity index (χ3n) is 3.69. The minimum absolute atomic E-state index is 0.0907. The molecule has 0 bridgehead atoms. The lowest BCUT2D eigenvalue weighted by atomic mass is 10.1. The average molecular weight is 314 g/mol. The molecule has 0 aliphatic carbocycles. The molecule has 0 spiro atoms. The molecule has 23 heavy (non-hydrogen) atoms. The molecule has 3 heterocycles. The molecular weight excluding hydrogens is 296 g/mol. The summed E-state index contributed by atoms with van der Waals surface area (Å²) in [5, 5.41) is 0. The number of hydrogen-bond donors (Lipinski definition) is 0. The van der Waals surface area contributed by atoms with Crippen LogP contribution in [0.15, 0.2) is 36.9 Å².